The first-order chi connectivity index (χ1) is 22.0. The highest BCUT2D eigenvalue weighted by atomic mass is 16.3. The van der Waals surface area contributed by atoms with E-state index in [2.05, 4.69) is 30.3 Å². The fraction of sp³-hybridized carbons (Fsp3) is 0. The lowest BCUT2D eigenvalue weighted by Crippen LogP contribution is -1.87. The second-order valence-corrected chi connectivity index (χ2v) is 10.5. The molecule has 0 fully saturated rings. The topological polar surface area (TPSA) is 13.1 Å². The second kappa shape index (κ2) is 8.55. The molecule has 0 amide bonds. The third-order valence-corrected chi connectivity index (χ3v) is 8.30. The Morgan fingerprint density at radius 3 is 1.88 bits per heavy atom. The second-order valence-electron chi connectivity index (χ2n) is 10.5. The maximum atomic E-state index is 9.40. The first kappa shape index (κ1) is 18.8. The molecule has 0 unspecified atom stereocenters. The van der Waals surface area contributed by atoms with E-state index in [0.717, 1.165) is 65.0 Å². The van der Waals surface area contributed by atoms with Crippen LogP contribution in [0.5, 0.6) is 0 Å². The molecular formula is C40H24O. The van der Waals surface area contributed by atoms with Gasteiger partial charge in [-0.15, -0.1) is 0 Å². The molecule has 0 saturated carbocycles. The Hall–Kier alpha value is -5.40. The summed E-state index contributed by atoms with van der Waals surface area (Å²) < 4.78 is 43.9. The van der Waals surface area contributed by atoms with Crippen LogP contribution >= 0.6 is 0 Å². The molecule has 0 bridgehead atoms. The Bertz CT molecular complexity index is 2680. The number of fused-ring (bicyclic) bond motifs is 9. The molecule has 1 aromatic heterocycles. The first-order valence-electron chi connectivity index (χ1n) is 15.8. The quantitative estimate of drug-likeness (QED) is 0.162. The molecule has 190 valence electrons. The molecule has 0 aliphatic carbocycles. The van der Waals surface area contributed by atoms with Crippen molar-refractivity contribution in [3.05, 3.63) is 145 Å². The van der Waals surface area contributed by atoms with Gasteiger partial charge in [-0.05, 0) is 78.2 Å². The van der Waals surface area contributed by atoms with Crippen LogP contribution in [0.4, 0.5) is 0 Å². The minimum atomic E-state index is -0.0736. The molecule has 9 rings (SSSR count). The molecule has 41 heavy (non-hydrogen) atoms. The van der Waals surface area contributed by atoms with Gasteiger partial charge in [0.1, 0.15) is 11.2 Å². The van der Waals surface area contributed by atoms with Crippen LogP contribution in [0.1, 0.15) is 5.48 Å². The fourth-order valence-corrected chi connectivity index (χ4v) is 6.42. The highest BCUT2D eigenvalue weighted by Crippen LogP contribution is 2.42. The molecule has 1 heteroatoms. The van der Waals surface area contributed by atoms with Crippen LogP contribution in [0, 0.1) is 0 Å². The van der Waals surface area contributed by atoms with Crippen LogP contribution < -0.4 is 0 Å². The molecule has 0 saturated heterocycles. The molecule has 1 nitrogen and oxygen atoms in total. The largest absolute Gasteiger partial charge is 0.455 e. The van der Waals surface area contributed by atoms with Crippen LogP contribution in [-0.4, -0.2) is 0 Å². The van der Waals surface area contributed by atoms with E-state index in [9.17, 15) is 5.48 Å². The summed E-state index contributed by atoms with van der Waals surface area (Å²) in [5, 5.41) is 9.70. The zero-order chi connectivity index (χ0) is 30.4. The molecule has 8 aromatic carbocycles. The predicted octanol–water partition coefficient (Wildman–Crippen LogP) is 11.5. The van der Waals surface area contributed by atoms with Gasteiger partial charge in [-0.2, -0.15) is 0 Å². The lowest BCUT2D eigenvalue weighted by Gasteiger charge is -2.14. The average Bonchev–Trinajstić information content (AvgIpc) is 3.47. The van der Waals surface area contributed by atoms with E-state index in [1.807, 2.05) is 91.0 Å². The summed E-state index contributed by atoms with van der Waals surface area (Å²) in [6, 6.07) is 39.9. The van der Waals surface area contributed by atoms with Crippen LogP contribution in [0.2, 0.25) is 0 Å². The molecule has 0 atom stereocenters. The van der Waals surface area contributed by atoms with Crippen LogP contribution in [0.15, 0.2) is 150 Å². The molecule has 9 aromatic rings. The molecule has 0 aliphatic heterocycles. The van der Waals surface area contributed by atoms with Gasteiger partial charge in [0.25, 0.3) is 0 Å². The van der Waals surface area contributed by atoms with E-state index >= 15 is 0 Å². The van der Waals surface area contributed by atoms with Crippen LogP contribution in [-0.2, 0) is 0 Å². The molecule has 0 N–H and O–H groups in total. The van der Waals surface area contributed by atoms with Gasteiger partial charge in [-0.25, -0.2) is 0 Å². The van der Waals surface area contributed by atoms with Crippen molar-refractivity contribution in [1.82, 2.24) is 0 Å². The normalized spacial score (nSPS) is 13.3. The number of benzene rings is 8. The zero-order valence-electron chi connectivity index (χ0n) is 26.0. The maximum Gasteiger partial charge on any atom is 0.143 e. The van der Waals surface area contributed by atoms with E-state index in [0.29, 0.717) is 16.7 Å². The van der Waals surface area contributed by atoms with Crippen molar-refractivity contribution in [2.24, 2.45) is 0 Å². The van der Waals surface area contributed by atoms with Gasteiger partial charge in [-0.3, -0.25) is 0 Å². The summed E-state index contributed by atoms with van der Waals surface area (Å²) in [6.07, 6.45) is 0. The Labute approximate surface area is 242 Å². The molecular weight excluding hydrogens is 496 g/mol. The Balaban J connectivity index is 1.38. The van der Waals surface area contributed by atoms with Crippen LogP contribution in [0.25, 0.3) is 87.3 Å². The van der Waals surface area contributed by atoms with Gasteiger partial charge < -0.3 is 4.42 Å². The van der Waals surface area contributed by atoms with Gasteiger partial charge in [0, 0.05) is 16.2 Å². The minimum absolute atomic E-state index is 0.0629. The number of rotatable bonds is 2. The molecule has 0 radical (unpaired) electrons. The van der Waals surface area contributed by atoms with Crippen molar-refractivity contribution in [1.29, 1.82) is 0 Å². The average molecular weight is 525 g/mol. The number of hydrogen-bond donors (Lipinski definition) is 0. The van der Waals surface area contributed by atoms with E-state index < -0.39 is 0 Å². The number of hydrogen-bond acceptors (Lipinski definition) is 1. The van der Waals surface area contributed by atoms with E-state index in [1.165, 1.54) is 0 Å². The third kappa shape index (κ3) is 3.30. The van der Waals surface area contributed by atoms with Gasteiger partial charge >= 0.3 is 0 Å². The Morgan fingerprint density at radius 1 is 0.439 bits per heavy atom. The smallest absolute Gasteiger partial charge is 0.143 e. The Kier molecular flexibility index (Phi) is 3.92. The summed E-state index contributed by atoms with van der Waals surface area (Å²) in [5.74, 6) is 0. The fourth-order valence-electron chi connectivity index (χ4n) is 6.42. The molecule has 1 heterocycles. The monoisotopic (exact) mass is 524 g/mol. The lowest BCUT2D eigenvalue weighted by atomic mass is 9.89. The standard InChI is InChI=1S/C40H24O/c1-4-11-30-25(8-1)20-22-34-36(30)24-29-10-3-5-12-32(29)38(34)28-18-16-27(17-19-28)31-14-7-15-37-39(31)35-23-21-26-9-2-6-13-33(26)40(35)41-37/h1-24H/i16D,17D,18D,19D. The Morgan fingerprint density at radius 2 is 1.07 bits per heavy atom. The molecule has 0 spiro atoms. The lowest BCUT2D eigenvalue weighted by molar-refractivity contribution is 0.673. The maximum absolute atomic E-state index is 9.40. The summed E-state index contributed by atoms with van der Waals surface area (Å²) in [4.78, 5) is 0. The van der Waals surface area contributed by atoms with Gasteiger partial charge in [0.15, 0.2) is 0 Å². The number of furan rings is 1. The van der Waals surface area contributed by atoms with Crippen LogP contribution in [0.3, 0.4) is 0 Å². The van der Waals surface area contributed by atoms with Gasteiger partial charge in [0.05, 0.1) is 5.48 Å². The van der Waals surface area contributed by atoms with Gasteiger partial charge in [0.2, 0.25) is 0 Å². The van der Waals surface area contributed by atoms with Crippen molar-refractivity contribution in [2.45, 2.75) is 0 Å². The van der Waals surface area contributed by atoms with E-state index in [-0.39, 0.29) is 29.7 Å². The summed E-state index contributed by atoms with van der Waals surface area (Å²) in [5.41, 5.74) is 3.31. The summed E-state index contributed by atoms with van der Waals surface area (Å²) >= 11 is 0. The highest BCUT2D eigenvalue weighted by Gasteiger charge is 2.16. The zero-order valence-corrected chi connectivity index (χ0v) is 22.0. The first-order valence-corrected chi connectivity index (χ1v) is 13.8. The summed E-state index contributed by atoms with van der Waals surface area (Å²) in [7, 11) is 0. The highest BCUT2D eigenvalue weighted by molar-refractivity contribution is 6.21. The van der Waals surface area contributed by atoms with E-state index in [1.54, 1.807) is 0 Å². The third-order valence-electron chi connectivity index (χ3n) is 8.30. The predicted molar refractivity (Wildman–Crippen MR) is 175 cm³/mol. The van der Waals surface area contributed by atoms with E-state index in [4.69, 9.17) is 4.42 Å². The SMILES string of the molecule is [2H]c1c([2H])c(-c2cccc3oc4c5ccccc5ccc4c23)c([2H])c([2H])c1-c1c2ccccc2cc2c1ccc1ccccc12. The minimum Gasteiger partial charge on any atom is -0.455 e. The van der Waals surface area contributed by atoms with Crippen molar-refractivity contribution in [3.63, 3.8) is 0 Å². The summed E-state index contributed by atoms with van der Waals surface area (Å²) in [6.45, 7) is 0. The van der Waals surface area contributed by atoms with Crippen molar-refractivity contribution >= 4 is 65.0 Å². The molecule has 0 aliphatic rings. The van der Waals surface area contributed by atoms with Crippen molar-refractivity contribution < 1.29 is 9.90 Å². The van der Waals surface area contributed by atoms with Crippen molar-refractivity contribution in [3.8, 4) is 22.3 Å². The van der Waals surface area contributed by atoms with Gasteiger partial charge in [-0.1, -0.05) is 127 Å². The van der Waals surface area contributed by atoms with Crippen molar-refractivity contribution in [2.75, 3.05) is 0 Å².